The quantitative estimate of drug-likeness (QED) is 0.395. The number of methoxy groups -OCH3 is 1. The van der Waals surface area contributed by atoms with Gasteiger partial charge in [0.25, 0.3) is 0 Å². The largest absolute Gasteiger partial charge is 0.496 e. The molecule has 1 unspecified atom stereocenters. The second kappa shape index (κ2) is 9.49. The number of carbonyl (C=O) groups is 1. The predicted molar refractivity (Wildman–Crippen MR) is 120 cm³/mol. The standard InChI is InChI=1S/C21H19N5O2.C2HF3O2/c1-27-18-3-2-4-19-14(18)9-13(11-28-19)20-24-16-6-5-12(10-17(16)25-20)15-7-8-23-21(22)26-15;3-2(4,5)1(6)7/h2-8,10,13H,9,11H2,1H3,(H,24,25)(H2,22,23,26);(H,6,7). The number of carboxylic acid groups (broad SMARTS) is 1. The van der Waals surface area contributed by atoms with Crippen molar-refractivity contribution < 1.29 is 32.5 Å². The van der Waals surface area contributed by atoms with Gasteiger partial charge in [-0.05, 0) is 36.8 Å². The molecule has 0 saturated carbocycles. The molecule has 3 heterocycles. The number of aromatic amines is 1. The van der Waals surface area contributed by atoms with Crippen LogP contribution in [0.5, 0.6) is 11.5 Å². The Morgan fingerprint density at radius 2 is 2.00 bits per heavy atom. The van der Waals surface area contributed by atoms with E-state index in [-0.39, 0.29) is 11.9 Å². The van der Waals surface area contributed by atoms with E-state index in [1.165, 1.54) is 0 Å². The summed E-state index contributed by atoms with van der Waals surface area (Å²) in [6.45, 7) is 0.579. The fraction of sp³-hybridized carbons (Fsp3) is 0.217. The number of ether oxygens (including phenoxy) is 2. The monoisotopic (exact) mass is 487 g/mol. The minimum absolute atomic E-state index is 0.134. The normalized spacial score (nSPS) is 14.9. The molecule has 0 amide bonds. The average Bonchev–Trinajstić information content (AvgIpc) is 3.26. The van der Waals surface area contributed by atoms with Gasteiger partial charge in [-0.25, -0.2) is 19.7 Å². The number of fused-ring (bicyclic) bond motifs is 2. The van der Waals surface area contributed by atoms with E-state index in [0.717, 1.165) is 51.6 Å². The van der Waals surface area contributed by atoms with Crippen LogP contribution >= 0.6 is 0 Å². The number of nitrogens with two attached hydrogens (primary N) is 1. The molecule has 0 fully saturated rings. The fourth-order valence-corrected chi connectivity index (χ4v) is 3.66. The number of aromatic nitrogens is 4. The van der Waals surface area contributed by atoms with Crippen molar-refractivity contribution in [1.29, 1.82) is 0 Å². The molecule has 35 heavy (non-hydrogen) atoms. The summed E-state index contributed by atoms with van der Waals surface area (Å²) in [5.74, 6) is 0.278. The van der Waals surface area contributed by atoms with Gasteiger partial charge in [0.2, 0.25) is 5.95 Å². The summed E-state index contributed by atoms with van der Waals surface area (Å²) < 4.78 is 43.2. The molecule has 0 aliphatic carbocycles. The number of H-pyrrole nitrogens is 1. The van der Waals surface area contributed by atoms with E-state index in [2.05, 4.69) is 15.0 Å². The lowest BCUT2D eigenvalue weighted by Crippen LogP contribution is -2.21. The Morgan fingerprint density at radius 1 is 1.23 bits per heavy atom. The van der Waals surface area contributed by atoms with Crippen LogP contribution in [0.25, 0.3) is 22.3 Å². The SMILES string of the molecule is COc1cccc2c1CC(c1nc3ccc(-c4ccnc(N)n4)cc3[nH]1)CO2.O=C(O)C(F)(F)F. The number of anilines is 1. The number of nitrogen functional groups attached to an aromatic ring is 1. The minimum atomic E-state index is -5.08. The highest BCUT2D eigenvalue weighted by molar-refractivity contribution is 5.81. The Morgan fingerprint density at radius 3 is 2.69 bits per heavy atom. The molecule has 9 nitrogen and oxygen atoms in total. The molecule has 0 saturated heterocycles. The lowest BCUT2D eigenvalue weighted by Gasteiger charge is -2.25. The molecule has 0 spiro atoms. The van der Waals surface area contributed by atoms with Crippen molar-refractivity contribution >= 4 is 23.0 Å². The van der Waals surface area contributed by atoms with Crippen LogP contribution in [0.3, 0.4) is 0 Å². The highest BCUT2D eigenvalue weighted by Crippen LogP contribution is 2.37. The van der Waals surface area contributed by atoms with Crippen LogP contribution < -0.4 is 15.2 Å². The first kappa shape index (κ1) is 23.8. The number of rotatable bonds is 3. The molecule has 5 rings (SSSR count). The van der Waals surface area contributed by atoms with E-state index in [0.29, 0.717) is 6.61 Å². The van der Waals surface area contributed by atoms with Crippen molar-refractivity contribution in [3.8, 4) is 22.8 Å². The number of alkyl halides is 3. The van der Waals surface area contributed by atoms with Crippen LogP contribution in [0, 0.1) is 0 Å². The number of aliphatic carboxylic acids is 1. The van der Waals surface area contributed by atoms with Crippen LogP contribution in [0.1, 0.15) is 17.3 Å². The van der Waals surface area contributed by atoms with Crippen LogP contribution in [-0.4, -0.2) is 50.9 Å². The first-order valence-corrected chi connectivity index (χ1v) is 10.3. The number of nitrogens with zero attached hydrogens (tertiary/aromatic N) is 3. The number of carboxylic acids is 1. The molecular formula is C23H20F3N5O4. The molecule has 12 heteroatoms. The maximum Gasteiger partial charge on any atom is 0.490 e. The second-order valence-electron chi connectivity index (χ2n) is 7.61. The molecule has 182 valence electrons. The average molecular weight is 487 g/mol. The summed E-state index contributed by atoms with van der Waals surface area (Å²) in [6.07, 6.45) is -2.61. The third kappa shape index (κ3) is 5.26. The first-order valence-electron chi connectivity index (χ1n) is 10.3. The van der Waals surface area contributed by atoms with Gasteiger partial charge in [0.1, 0.15) is 17.3 Å². The molecule has 1 atom stereocenters. The van der Waals surface area contributed by atoms with E-state index in [1.807, 2.05) is 42.5 Å². The molecule has 1 aliphatic rings. The maximum atomic E-state index is 10.6. The number of hydrogen-bond acceptors (Lipinski definition) is 7. The van der Waals surface area contributed by atoms with E-state index in [1.54, 1.807) is 13.3 Å². The summed E-state index contributed by atoms with van der Waals surface area (Å²) in [7, 11) is 1.68. The van der Waals surface area contributed by atoms with Gasteiger partial charge in [-0.3, -0.25) is 0 Å². The van der Waals surface area contributed by atoms with E-state index in [9.17, 15) is 13.2 Å². The topological polar surface area (TPSA) is 136 Å². The predicted octanol–water partition coefficient (Wildman–Crippen LogP) is 3.96. The molecule has 4 aromatic rings. The number of nitrogens with one attached hydrogen (secondary N) is 1. The minimum Gasteiger partial charge on any atom is -0.496 e. The molecular weight excluding hydrogens is 467 g/mol. The lowest BCUT2D eigenvalue weighted by atomic mass is 9.95. The van der Waals surface area contributed by atoms with E-state index < -0.39 is 12.1 Å². The highest BCUT2D eigenvalue weighted by atomic mass is 19.4. The zero-order valence-corrected chi connectivity index (χ0v) is 18.3. The summed E-state index contributed by atoms with van der Waals surface area (Å²) in [4.78, 5) is 25.4. The van der Waals surface area contributed by atoms with Crippen molar-refractivity contribution in [2.45, 2.75) is 18.5 Å². The van der Waals surface area contributed by atoms with Gasteiger partial charge < -0.3 is 25.3 Å². The van der Waals surface area contributed by atoms with Crippen LogP contribution in [0.4, 0.5) is 19.1 Å². The number of hydrogen-bond donors (Lipinski definition) is 3. The van der Waals surface area contributed by atoms with Gasteiger partial charge >= 0.3 is 12.1 Å². The Bertz CT molecular complexity index is 1360. The van der Waals surface area contributed by atoms with Crippen molar-refractivity contribution in [2.75, 3.05) is 19.5 Å². The second-order valence-corrected chi connectivity index (χ2v) is 7.61. The van der Waals surface area contributed by atoms with Crippen molar-refractivity contribution in [1.82, 2.24) is 19.9 Å². The summed E-state index contributed by atoms with van der Waals surface area (Å²) in [6, 6.07) is 13.7. The van der Waals surface area contributed by atoms with Gasteiger partial charge in [0, 0.05) is 17.3 Å². The van der Waals surface area contributed by atoms with Crippen molar-refractivity contribution in [2.24, 2.45) is 0 Å². The van der Waals surface area contributed by atoms with Gasteiger partial charge in [0.05, 0.1) is 36.4 Å². The number of benzene rings is 2. The molecule has 4 N–H and O–H groups in total. The molecule has 0 bridgehead atoms. The van der Waals surface area contributed by atoms with Gasteiger partial charge in [-0.2, -0.15) is 13.2 Å². The smallest absolute Gasteiger partial charge is 0.490 e. The van der Waals surface area contributed by atoms with E-state index >= 15 is 0 Å². The fourth-order valence-electron chi connectivity index (χ4n) is 3.66. The Hall–Kier alpha value is -4.35. The molecule has 2 aromatic heterocycles. The zero-order chi connectivity index (χ0) is 25.2. The summed E-state index contributed by atoms with van der Waals surface area (Å²) in [5.41, 5.74) is 10.4. The van der Waals surface area contributed by atoms with Crippen LogP contribution in [-0.2, 0) is 11.2 Å². The van der Waals surface area contributed by atoms with Gasteiger partial charge in [-0.1, -0.05) is 12.1 Å². The molecule has 2 aromatic carbocycles. The highest BCUT2D eigenvalue weighted by Gasteiger charge is 2.38. The number of imidazole rings is 1. The zero-order valence-electron chi connectivity index (χ0n) is 18.3. The number of halogens is 3. The Balaban J connectivity index is 0.000000364. The van der Waals surface area contributed by atoms with Crippen LogP contribution in [0.15, 0.2) is 48.7 Å². The molecule has 0 radical (unpaired) electrons. The Labute approximate surface area is 196 Å². The third-order valence-electron chi connectivity index (χ3n) is 5.30. The lowest BCUT2D eigenvalue weighted by molar-refractivity contribution is -0.192. The first-order chi connectivity index (χ1) is 16.7. The maximum absolute atomic E-state index is 10.6. The summed E-state index contributed by atoms with van der Waals surface area (Å²) in [5, 5.41) is 7.12. The summed E-state index contributed by atoms with van der Waals surface area (Å²) >= 11 is 0. The van der Waals surface area contributed by atoms with Gasteiger partial charge in [0.15, 0.2) is 0 Å². The van der Waals surface area contributed by atoms with Crippen LogP contribution in [0.2, 0.25) is 0 Å². The Kier molecular flexibility index (Phi) is 6.45. The third-order valence-corrected chi connectivity index (χ3v) is 5.30. The van der Waals surface area contributed by atoms with E-state index in [4.69, 9.17) is 30.1 Å². The van der Waals surface area contributed by atoms with Crippen molar-refractivity contribution in [3.63, 3.8) is 0 Å². The van der Waals surface area contributed by atoms with Gasteiger partial charge in [-0.15, -0.1) is 0 Å². The van der Waals surface area contributed by atoms with Crippen molar-refractivity contribution in [3.05, 3.63) is 60.0 Å². The molecule has 1 aliphatic heterocycles.